The predicted octanol–water partition coefficient (Wildman–Crippen LogP) is 1.01. The summed E-state index contributed by atoms with van der Waals surface area (Å²) < 4.78 is 0. The van der Waals surface area contributed by atoms with Crippen molar-refractivity contribution < 1.29 is 26.2 Å². The molecular weight excluding hydrogens is 265 g/mol. The van der Waals surface area contributed by atoms with Crippen molar-refractivity contribution in [3.05, 3.63) is 24.3 Å². The van der Waals surface area contributed by atoms with Crippen LogP contribution in [0.1, 0.15) is 6.42 Å². The van der Waals surface area contributed by atoms with Gasteiger partial charge in [-0.2, -0.15) is 0 Å². The minimum atomic E-state index is 0. The second kappa shape index (κ2) is 36.8. The molecule has 0 aliphatic heterocycles. The van der Waals surface area contributed by atoms with E-state index in [4.69, 9.17) is 0 Å². The Morgan fingerprint density at radius 1 is 0.667 bits per heavy atom. The number of hydrogen-bond donors (Lipinski definition) is 3. The smallest absolute Gasteiger partial charge is 0 e. The summed E-state index contributed by atoms with van der Waals surface area (Å²) in [6.45, 7) is 0. The first-order valence-corrected chi connectivity index (χ1v) is 4.82. The molecule has 0 aromatic heterocycles. The molecule has 15 heavy (non-hydrogen) atoms. The molecule has 0 atom stereocenters. The molecule has 4 heteroatoms. The SMILES string of the molecule is C1=CCC=C1.CNC.CNC.CNC.[Zr]. The largest absolute Gasteiger partial charge is 0.323 e. The molecule has 0 unspecified atom stereocenters. The average Bonchev–Trinajstić information content (AvgIpc) is 2.63. The predicted molar refractivity (Wildman–Crippen MR) is 67.8 cm³/mol. The molecule has 0 heterocycles. The van der Waals surface area contributed by atoms with Gasteiger partial charge >= 0.3 is 0 Å². The maximum Gasteiger partial charge on any atom is 0 e. The van der Waals surface area contributed by atoms with Crippen LogP contribution in [0.3, 0.4) is 0 Å². The number of rotatable bonds is 0. The Hall–Kier alpha value is 0.243. The van der Waals surface area contributed by atoms with Crippen molar-refractivity contribution in [2.24, 2.45) is 0 Å². The molecule has 1 aliphatic rings. The molecule has 0 aromatic carbocycles. The Morgan fingerprint density at radius 2 is 0.867 bits per heavy atom. The second-order valence-corrected chi connectivity index (χ2v) is 2.59. The molecule has 0 bridgehead atoms. The van der Waals surface area contributed by atoms with Crippen LogP contribution in [0, 0.1) is 0 Å². The topological polar surface area (TPSA) is 36.1 Å². The van der Waals surface area contributed by atoms with Crippen LogP contribution in [0.5, 0.6) is 0 Å². The number of hydrogen-bond acceptors (Lipinski definition) is 3. The van der Waals surface area contributed by atoms with E-state index in [0.29, 0.717) is 0 Å². The summed E-state index contributed by atoms with van der Waals surface area (Å²) in [5.74, 6) is 0. The molecule has 0 saturated heterocycles. The Bertz CT molecular complexity index is 99.6. The van der Waals surface area contributed by atoms with Crippen LogP contribution < -0.4 is 16.0 Å². The molecule has 0 amide bonds. The average molecular weight is 293 g/mol. The van der Waals surface area contributed by atoms with E-state index in [2.05, 4.69) is 40.3 Å². The van der Waals surface area contributed by atoms with Crippen molar-refractivity contribution in [1.82, 2.24) is 16.0 Å². The third-order valence-electron chi connectivity index (χ3n) is 0.655. The first-order valence-electron chi connectivity index (χ1n) is 4.82. The first kappa shape index (κ1) is 24.5. The van der Waals surface area contributed by atoms with Crippen LogP contribution in [0.15, 0.2) is 24.3 Å². The molecule has 1 rings (SSSR count). The minimum absolute atomic E-state index is 0. The van der Waals surface area contributed by atoms with E-state index in [1.165, 1.54) is 0 Å². The minimum Gasteiger partial charge on any atom is -0.323 e. The third kappa shape index (κ3) is 77.7. The van der Waals surface area contributed by atoms with E-state index >= 15 is 0 Å². The molecule has 0 fully saturated rings. The molecule has 0 radical (unpaired) electrons. The van der Waals surface area contributed by atoms with E-state index in [0.717, 1.165) is 6.42 Å². The van der Waals surface area contributed by atoms with Gasteiger partial charge < -0.3 is 16.0 Å². The van der Waals surface area contributed by atoms with Crippen molar-refractivity contribution in [1.29, 1.82) is 0 Å². The molecule has 3 nitrogen and oxygen atoms in total. The summed E-state index contributed by atoms with van der Waals surface area (Å²) in [5, 5.41) is 8.25. The van der Waals surface area contributed by atoms with Gasteiger partial charge in [0.15, 0.2) is 0 Å². The van der Waals surface area contributed by atoms with Gasteiger partial charge in [-0.05, 0) is 48.7 Å². The number of allylic oxidation sites excluding steroid dienone is 4. The fourth-order valence-electron chi connectivity index (χ4n) is 0.393. The quantitative estimate of drug-likeness (QED) is 0.624. The molecule has 0 saturated carbocycles. The van der Waals surface area contributed by atoms with Crippen molar-refractivity contribution in [3.63, 3.8) is 0 Å². The molecular formula is C11H27N3Zr. The Balaban J connectivity index is -0.0000000550. The van der Waals surface area contributed by atoms with Crippen LogP contribution >= 0.6 is 0 Å². The summed E-state index contributed by atoms with van der Waals surface area (Å²) in [6.07, 6.45) is 9.50. The van der Waals surface area contributed by atoms with E-state index in [9.17, 15) is 0 Å². The zero-order chi connectivity index (χ0) is 11.7. The second-order valence-electron chi connectivity index (χ2n) is 2.59. The van der Waals surface area contributed by atoms with Crippen molar-refractivity contribution in [2.75, 3.05) is 42.3 Å². The van der Waals surface area contributed by atoms with Crippen molar-refractivity contribution in [3.8, 4) is 0 Å². The fourth-order valence-corrected chi connectivity index (χ4v) is 0.393. The van der Waals surface area contributed by atoms with Crippen LogP contribution in [-0.2, 0) is 26.2 Å². The zero-order valence-electron chi connectivity index (χ0n) is 11.0. The van der Waals surface area contributed by atoms with E-state index < -0.39 is 0 Å². The van der Waals surface area contributed by atoms with Gasteiger partial charge in [-0.3, -0.25) is 0 Å². The maximum absolute atomic E-state index is 2.75. The van der Waals surface area contributed by atoms with Crippen LogP contribution in [0.2, 0.25) is 0 Å². The Kier molecular flexibility index (Phi) is 60.0. The van der Waals surface area contributed by atoms with Gasteiger partial charge in [0, 0.05) is 26.2 Å². The standard InChI is InChI=1S/C5H6.3C2H7N.Zr/c1-2-4-5-3-1;3*1-3-2;/h1-4H,5H2;3*3H,1-2H3;. The normalized spacial score (nSPS) is 9.47. The van der Waals surface area contributed by atoms with Gasteiger partial charge in [-0.25, -0.2) is 0 Å². The van der Waals surface area contributed by atoms with E-state index in [1.54, 1.807) is 0 Å². The van der Waals surface area contributed by atoms with E-state index in [1.807, 2.05) is 42.3 Å². The van der Waals surface area contributed by atoms with Crippen LogP contribution in [-0.4, -0.2) is 42.3 Å². The number of nitrogens with one attached hydrogen (secondary N) is 3. The van der Waals surface area contributed by atoms with Gasteiger partial charge in [0.1, 0.15) is 0 Å². The molecule has 1 aliphatic carbocycles. The molecule has 0 aromatic rings. The van der Waals surface area contributed by atoms with Gasteiger partial charge in [0.25, 0.3) is 0 Å². The molecule has 0 spiro atoms. The summed E-state index contributed by atoms with van der Waals surface area (Å²) in [4.78, 5) is 0. The Labute approximate surface area is 115 Å². The van der Waals surface area contributed by atoms with Crippen molar-refractivity contribution in [2.45, 2.75) is 6.42 Å². The van der Waals surface area contributed by atoms with Crippen LogP contribution in [0.4, 0.5) is 0 Å². The molecule has 3 N–H and O–H groups in total. The van der Waals surface area contributed by atoms with Gasteiger partial charge in [-0.1, -0.05) is 24.3 Å². The third-order valence-corrected chi connectivity index (χ3v) is 0.655. The molecule has 90 valence electrons. The van der Waals surface area contributed by atoms with E-state index in [-0.39, 0.29) is 26.2 Å². The maximum atomic E-state index is 2.75. The monoisotopic (exact) mass is 291 g/mol. The summed E-state index contributed by atoms with van der Waals surface area (Å²) in [5.41, 5.74) is 0. The zero-order valence-corrected chi connectivity index (χ0v) is 13.5. The summed E-state index contributed by atoms with van der Waals surface area (Å²) in [6, 6.07) is 0. The summed E-state index contributed by atoms with van der Waals surface area (Å²) in [7, 11) is 11.2. The van der Waals surface area contributed by atoms with Crippen molar-refractivity contribution >= 4 is 0 Å². The van der Waals surface area contributed by atoms with Gasteiger partial charge in [0.2, 0.25) is 0 Å². The fraction of sp³-hybridized carbons (Fsp3) is 0.636. The Morgan fingerprint density at radius 3 is 0.933 bits per heavy atom. The van der Waals surface area contributed by atoms with Crippen LogP contribution in [0.25, 0.3) is 0 Å². The first-order chi connectivity index (χ1) is 6.74. The van der Waals surface area contributed by atoms with Gasteiger partial charge in [-0.15, -0.1) is 0 Å². The summed E-state index contributed by atoms with van der Waals surface area (Å²) >= 11 is 0. The van der Waals surface area contributed by atoms with Gasteiger partial charge in [0.05, 0.1) is 0 Å².